The number of aromatic hydroxyl groups is 2. The van der Waals surface area contributed by atoms with Gasteiger partial charge < -0.3 is 15.1 Å². The van der Waals surface area contributed by atoms with Gasteiger partial charge in [-0.15, -0.1) is 0 Å². The number of para-hydroxylation sites is 2. The largest absolute Gasteiger partial charge is 0.508 e. The van der Waals surface area contributed by atoms with Gasteiger partial charge in [-0.05, 0) is 58.8 Å². The molecule has 0 unspecified atom stereocenters. The molecule has 0 aliphatic heterocycles. The molecule has 0 aliphatic carbocycles. The van der Waals surface area contributed by atoms with E-state index in [9.17, 15) is 15.0 Å². The third-order valence-corrected chi connectivity index (χ3v) is 6.03. The number of rotatable bonds is 5. The van der Waals surface area contributed by atoms with Crippen LogP contribution in [0.5, 0.6) is 11.5 Å². The minimum absolute atomic E-state index is 0.103. The summed E-state index contributed by atoms with van der Waals surface area (Å²) in [6, 6.07) is 21.1. The number of hydrogen-bond donors (Lipinski definition) is 2. The minimum Gasteiger partial charge on any atom is -0.508 e. The lowest BCUT2D eigenvalue weighted by atomic mass is 10.1. The van der Waals surface area contributed by atoms with Crippen LogP contribution in [0.1, 0.15) is 15.9 Å². The lowest BCUT2D eigenvalue weighted by Gasteiger charge is -2.23. The van der Waals surface area contributed by atoms with Crippen molar-refractivity contribution < 1.29 is 15.0 Å². The highest BCUT2D eigenvalue weighted by molar-refractivity contribution is 7.07. The molecule has 0 bridgehead atoms. The molecule has 6 nitrogen and oxygen atoms in total. The van der Waals surface area contributed by atoms with Crippen LogP contribution in [0, 0.1) is 0 Å². The fraction of sp³-hybridized carbons (Fsp3) is 0.0385. The molecule has 2 aromatic heterocycles. The van der Waals surface area contributed by atoms with Gasteiger partial charge >= 0.3 is 0 Å². The highest BCUT2D eigenvalue weighted by Crippen LogP contribution is 2.29. The molecule has 0 aliphatic rings. The molecule has 0 saturated carbocycles. The molecule has 0 spiro atoms. The van der Waals surface area contributed by atoms with E-state index in [1.807, 2.05) is 65.4 Å². The summed E-state index contributed by atoms with van der Waals surface area (Å²) in [5.41, 5.74) is 5.05. The summed E-state index contributed by atoms with van der Waals surface area (Å²) in [6.45, 7) is 0.345. The van der Waals surface area contributed by atoms with Gasteiger partial charge in [-0.3, -0.25) is 9.78 Å². The maximum atomic E-state index is 13.4. The van der Waals surface area contributed by atoms with Gasteiger partial charge in [0, 0.05) is 17.3 Å². The van der Waals surface area contributed by atoms with Crippen molar-refractivity contribution in [2.45, 2.75) is 6.54 Å². The van der Waals surface area contributed by atoms with E-state index in [-0.39, 0.29) is 23.0 Å². The summed E-state index contributed by atoms with van der Waals surface area (Å²) in [4.78, 5) is 24.1. The third-order valence-electron chi connectivity index (χ3n) is 5.30. The van der Waals surface area contributed by atoms with Crippen LogP contribution < -0.4 is 4.90 Å². The second kappa shape index (κ2) is 8.72. The van der Waals surface area contributed by atoms with Crippen LogP contribution >= 0.6 is 11.3 Å². The predicted octanol–water partition coefficient (Wildman–Crippen LogP) is 5.62. The number of aromatic nitrogens is 2. The molecule has 1 amide bonds. The monoisotopic (exact) mass is 453 g/mol. The van der Waals surface area contributed by atoms with Crippen molar-refractivity contribution in [3.8, 4) is 22.8 Å². The molecule has 5 aromatic rings. The molecule has 0 radical (unpaired) electrons. The second-order valence-electron chi connectivity index (χ2n) is 7.52. The van der Waals surface area contributed by atoms with Crippen LogP contribution in [-0.2, 0) is 6.54 Å². The van der Waals surface area contributed by atoms with Crippen LogP contribution in [0.3, 0.4) is 0 Å². The normalized spacial score (nSPS) is 10.9. The van der Waals surface area contributed by atoms with Crippen LogP contribution in [-0.4, -0.2) is 26.1 Å². The van der Waals surface area contributed by atoms with Gasteiger partial charge in [0.05, 0.1) is 35.0 Å². The van der Waals surface area contributed by atoms with Crippen molar-refractivity contribution in [2.75, 3.05) is 4.90 Å². The van der Waals surface area contributed by atoms with E-state index in [4.69, 9.17) is 0 Å². The zero-order chi connectivity index (χ0) is 22.8. The summed E-state index contributed by atoms with van der Waals surface area (Å²) >= 11 is 1.55. The first-order valence-electron chi connectivity index (χ1n) is 10.3. The van der Waals surface area contributed by atoms with Gasteiger partial charge in [-0.2, -0.15) is 11.3 Å². The Labute approximate surface area is 194 Å². The molecule has 2 N–H and O–H groups in total. The molecule has 3 aromatic carbocycles. The maximum Gasteiger partial charge on any atom is 0.262 e. The fourth-order valence-corrected chi connectivity index (χ4v) is 4.26. The van der Waals surface area contributed by atoms with E-state index in [1.165, 1.54) is 12.1 Å². The second-order valence-corrected chi connectivity index (χ2v) is 8.30. The Morgan fingerprint density at radius 3 is 2.45 bits per heavy atom. The van der Waals surface area contributed by atoms with Crippen LogP contribution in [0.15, 0.2) is 89.8 Å². The van der Waals surface area contributed by atoms with Crippen molar-refractivity contribution in [3.63, 3.8) is 0 Å². The summed E-state index contributed by atoms with van der Waals surface area (Å²) in [5.74, 6) is -0.732. The van der Waals surface area contributed by atoms with E-state index < -0.39 is 0 Å². The van der Waals surface area contributed by atoms with Crippen molar-refractivity contribution in [1.29, 1.82) is 0 Å². The summed E-state index contributed by atoms with van der Waals surface area (Å²) in [6.07, 6.45) is 1.74. The number of benzene rings is 3. The topological polar surface area (TPSA) is 86.5 Å². The number of anilines is 1. The number of phenolic OH excluding ortho intramolecular Hbond substituents is 2. The Kier molecular flexibility index (Phi) is 5.46. The van der Waals surface area contributed by atoms with Gasteiger partial charge in [0.1, 0.15) is 11.5 Å². The van der Waals surface area contributed by atoms with Crippen LogP contribution in [0.2, 0.25) is 0 Å². The molecule has 7 heteroatoms. The SMILES string of the molecule is O=C(c1ccc(O)cc1O)N(Cc1ccsc1)c1ccc(-c2cnc3ccccc3n2)cc1. The zero-order valence-corrected chi connectivity index (χ0v) is 18.2. The molecule has 2 heterocycles. The van der Waals surface area contributed by atoms with E-state index in [2.05, 4.69) is 9.97 Å². The number of nitrogens with zero attached hydrogens (tertiary/aromatic N) is 3. The smallest absolute Gasteiger partial charge is 0.262 e. The number of thiophene rings is 1. The molecule has 5 rings (SSSR count). The van der Waals surface area contributed by atoms with Crippen LogP contribution in [0.4, 0.5) is 5.69 Å². The average molecular weight is 454 g/mol. The quantitative estimate of drug-likeness (QED) is 0.361. The average Bonchev–Trinajstić information content (AvgIpc) is 3.35. The highest BCUT2D eigenvalue weighted by Gasteiger charge is 2.22. The minimum atomic E-state index is -0.364. The first kappa shape index (κ1) is 20.7. The van der Waals surface area contributed by atoms with Crippen molar-refractivity contribution in [3.05, 3.63) is 101 Å². The summed E-state index contributed by atoms with van der Waals surface area (Å²) < 4.78 is 0. The molecule has 0 fully saturated rings. The number of fused-ring (bicyclic) bond motifs is 1. The van der Waals surface area contributed by atoms with Gasteiger partial charge in [-0.25, -0.2) is 4.98 Å². The van der Waals surface area contributed by atoms with Crippen molar-refractivity contribution in [2.24, 2.45) is 0 Å². The lowest BCUT2D eigenvalue weighted by molar-refractivity contribution is 0.0982. The molecule has 33 heavy (non-hydrogen) atoms. The van der Waals surface area contributed by atoms with Crippen molar-refractivity contribution >= 4 is 34.0 Å². The molecular weight excluding hydrogens is 434 g/mol. The van der Waals surface area contributed by atoms with Gasteiger partial charge in [-0.1, -0.05) is 24.3 Å². The Hall–Kier alpha value is -4.23. The van der Waals surface area contributed by atoms with E-state index in [0.29, 0.717) is 12.2 Å². The molecule has 0 atom stereocenters. The van der Waals surface area contributed by atoms with Gasteiger partial charge in [0.25, 0.3) is 5.91 Å². The third kappa shape index (κ3) is 4.26. The Morgan fingerprint density at radius 1 is 0.939 bits per heavy atom. The molecule has 0 saturated heterocycles. The Balaban J connectivity index is 1.49. The molecule has 162 valence electrons. The van der Waals surface area contributed by atoms with E-state index in [1.54, 1.807) is 22.4 Å². The highest BCUT2D eigenvalue weighted by atomic mass is 32.1. The Bertz CT molecular complexity index is 1430. The Morgan fingerprint density at radius 2 is 1.73 bits per heavy atom. The number of hydrogen-bond acceptors (Lipinski definition) is 6. The number of phenols is 2. The van der Waals surface area contributed by atoms with Crippen molar-refractivity contribution in [1.82, 2.24) is 9.97 Å². The number of carbonyl (C=O) groups excluding carboxylic acids is 1. The predicted molar refractivity (Wildman–Crippen MR) is 130 cm³/mol. The standard InChI is InChI=1S/C26H19N3O3S/c30-20-9-10-21(25(31)13-20)26(32)29(15-17-11-12-33-16-17)19-7-5-18(6-8-19)24-14-27-22-3-1-2-4-23(22)28-24/h1-14,16,30-31H,15H2. The lowest BCUT2D eigenvalue weighted by Crippen LogP contribution is -2.30. The fourth-order valence-electron chi connectivity index (χ4n) is 3.60. The maximum absolute atomic E-state index is 13.4. The van der Waals surface area contributed by atoms with E-state index >= 15 is 0 Å². The first-order valence-corrected chi connectivity index (χ1v) is 11.2. The summed E-state index contributed by atoms with van der Waals surface area (Å²) in [7, 11) is 0. The van der Waals surface area contributed by atoms with Gasteiger partial charge in [0.15, 0.2) is 0 Å². The summed E-state index contributed by atoms with van der Waals surface area (Å²) in [5, 5.41) is 23.8. The number of amides is 1. The zero-order valence-electron chi connectivity index (χ0n) is 17.4. The van der Waals surface area contributed by atoms with Crippen LogP contribution in [0.25, 0.3) is 22.3 Å². The van der Waals surface area contributed by atoms with Gasteiger partial charge in [0.2, 0.25) is 0 Å². The van der Waals surface area contributed by atoms with E-state index in [0.717, 1.165) is 33.9 Å². The molecular formula is C26H19N3O3S. The first-order chi connectivity index (χ1) is 16.1. The number of carbonyl (C=O) groups is 1.